The number of aryl methyl sites for hydroxylation is 2. The van der Waals surface area contributed by atoms with Crippen molar-refractivity contribution < 1.29 is 0 Å². The Bertz CT molecular complexity index is 1000. The Morgan fingerprint density at radius 1 is 1.09 bits per heavy atom. The van der Waals surface area contributed by atoms with Crippen LogP contribution in [0.25, 0.3) is 11.0 Å². The van der Waals surface area contributed by atoms with Gasteiger partial charge in [-0.3, -0.25) is 13.9 Å². The van der Waals surface area contributed by atoms with Gasteiger partial charge >= 0.3 is 5.69 Å². The van der Waals surface area contributed by atoms with Crippen LogP contribution in [0.2, 0.25) is 0 Å². The largest absolute Gasteiger partial charge is 0.332 e. The number of hydrogen-bond donors (Lipinski definition) is 0. The van der Waals surface area contributed by atoms with Gasteiger partial charge in [0.05, 0.1) is 5.39 Å². The summed E-state index contributed by atoms with van der Waals surface area (Å²) >= 11 is 1.59. The fraction of sp³-hybridized carbons (Fsp3) is 0.235. The molecule has 0 aliphatic carbocycles. The molecule has 0 atom stereocenters. The normalized spacial score (nSPS) is 11.1. The summed E-state index contributed by atoms with van der Waals surface area (Å²) in [5, 5.41) is 0.496. The zero-order valence-electron chi connectivity index (χ0n) is 13.2. The van der Waals surface area contributed by atoms with Crippen LogP contribution in [-0.2, 0) is 19.8 Å². The molecule has 2 heterocycles. The fourth-order valence-electron chi connectivity index (χ4n) is 2.51. The van der Waals surface area contributed by atoms with E-state index in [-0.39, 0.29) is 11.2 Å². The van der Waals surface area contributed by atoms with Gasteiger partial charge in [-0.15, -0.1) is 11.8 Å². The van der Waals surface area contributed by atoms with E-state index in [0.717, 1.165) is 15.2 Å². The Labute approximate surface area is 137 Å². The van der Waals surface area contributed by atoms with E-state index < -0.39 is 0 Å². The van der Waals surface area contributed by atoms with E-state index in [1.165, 1.54) is 22.7 Å². The third-order valence-corrected chi connectivity index (χ3v) is 5.05. The fourth-order valence-corrected chi connectivity index (χ4v) is 3.62. The maximum Gasteiger partial charge on any atom is 0.332 e. The van der Waals surface area contributed by atoms with Gasteiger partial charge in [-0.25, -0.2) is 9.78 Å². The van der Waals surface area contributed by atoms with Crippen LogP contribution in [0.15, 0.2) is 51.0 Å². The first-order valence-corrected chi connectivity index (χ1v) is 8.21. The first kappa shape index (κ1) is 15.6. The van der Waals surface area contributed by atoms with Crippen LogP contribution >= 0.6 is 11.8 Å². The minimum Gasteiger partial charge on any atom is -0.280 e. The van der Waals surface area contributed by atoms with Crippen LogP contribution in [0, 0.1) is 6.92 Å². The number of pyridine rings is 1. The number of nitrogens with zero attached hydrogens (tertiary/aromatic N) is 3. The van der Waals surface area contributed by atoms with Crippen molar-refractivity contribution in [3.8, 4) is 0 Å². The smallest absolute Gasteiger partial charge is 0.280 e. The molecule has 23 heavy (non-hydrogen) atoms. The predicted molar refractivity (Wildman–Crippen MR) is 93.0 cm³/mol. The predicted octanol–water partition coefficient (Wildman–Crippen LogP) is 2.23. The molecule has 0 bridgehead atoms. The molecule has 0 saturated carbocycles. The summed E-state index contributed by atoms with van der Waals surface area (Å²) in [5.41, 5.74) is 2.20. The van der Waals surface area contributed by atoms with Gasteiger partial charge < -0.3 is 0 Å². The Hall–Kier alpha value is -2.34. The highest BCUT2D eigenvalue weighted by atomic mass is 32.2. The van der Waals surface area contributed by atoms with Gasteiger partial charge in [0.15, 0.2) is 0 Å². The topological polar surface area (TPSA) is 56.9 Å². The summed E-state index contributed by atoms with van der Waals surface area (Å²) in [6, 6.07) is 10.0. The van der Waals surface area contributed by atoms with Gasteiger partial charge in [0.1, 0.15) is 5.65 Å². The van der Waals surface area contributed by atoms with E-state index in [4.69, 9.17) is 0 Å². The maximum atomic E-state index is 12.5. The van der Waals surface area contributed by atoms with Crippen molar-refractivity contribution in [2.45, 2.75) is 17.6 Å². The Morgan fingerprint density at radius 2 is 1.83 bits per heavy atom. The highest BCUT2D eigenvalue weighted by Gasteiger charge is 2.13. The minimum atomic E-state index is -0.365. The summed E-state index contributed by atoms with van der Waals surface area (Å²) in [7, 11) is 3.12. The number of aromatic nitrogens is 3. The van der Waals surface area contributed by atoms with Crippen molar-refractivity contribution in [2.24, 2.45) is 14.1 Å². The highest BCUT2D eigenvalue weighted by Crippen LogP contribution is 2.27. The summed E-state index contributed by atoms with van der Waals surface area (Å²) in [6.07, 6.45) is 1.64. The summed E-state index contributed by atoms with van der Waals surface area (Å²) in [6.45, 7) is 2.07. The number of thioether (sulfide) groups is 1. The van der Waals surface area contributed by atoms with Crippen LogP contribution in [-0.4, -0.2) is 14.1 Å². The van der Waals surface area contributed by atoms with E-state index in [1.54, 1.807) is 25.0 Å². The van der Waals surface area contributed by atoms with Gasteiger partial charge in [0.2, 0.25) is 0 Å². The second kappa shape index (κ2) is 6.04. The van der Waals surface area contributed by atoms with Gasteiger partial charge in [-0.05, 0) is 24.1 Å². The number of rotatable bonds is 3. The molecule has 2 aromatic heterocycles. The Kier molecular flexibility index (Phi) is 4.09. The molecule has 0 unspecified atom stereocenters. The van der Waals surface area contributed by atoms with Crippen molar-refractivity contribution >= 4 is 22.8 Å². The standard InChI is InChI=1S/C17H17N3O2S/c1-11-6-4-5-7-12(11)10-23-13-8-9-18-15-14(13)16(21)20(3)17(22)19(15)2/h4-9H,10H2,1-3H3. The molecule has 3 rings (SSSR count). The molecule has 0 amide bonds. The van der Waals surface area contributed by atoms with Crippen molar-refractivity contribution in [1.82, 2.24) is 14.1 Å². The molecule has 0 spiro atoms. The zero-order chi connectivity index (χ0) is 16.6. The SMILES string of the molecule is Cc1ccccc1CSc1ccnc2c1c(=O)n(C)c(=O)n2C. The summed E-state index contributed by atoms with van der Waals surface area (Å²) < 4.78 is 2.54. The molecule has 0 fully saturated rings. The van der Waals surface area contributed by atoms with Crippen molar-refractivity contribution in [3.05, 3.63) is 68.5 Å². The van der Waals surface area contributed by atoms with E-state index >= 15 is 0 Å². The van der Waals surface area contributed by atoms with Crippen molar-refractivity contribution in [3.63, 3.8) is 0 Å². The lowest BCUT2D eigenvalue weighted by atomic mass is 10.1. The van der Waals surface area contributed by atoms with E-state index in [2.05, 4.69) is 24.0 Å². The third-order valence-electron chi connectivity index (χ3n) is 3.95. The van der Waals surface area contributed by atoms with Crippen LogP contribution in [0.4, 0.5) is 0 Å². The van der Waals surface area contributed by atoms with E-state index in [0.29, 0.717) is 11.0 Å². The van der Waals surface area contributed by atoms with Gasteiger partial charge in [0, 0.05) is 30.9 Å². The minimum absolute atomic E-state index is 0.302. The molecule has 118 valence electrons. The lowest BCUT2D eigenvalue weighted by Gasteiger charge is -2.10. The van der Waals surface area contributed by atoms with E-state index in [1.807, 2.05) is 18.2 Å². The molecular formula is C17H17N3O2S. The average Bonchev–Trinajstić information content (AvgIpc) is 2.57. The average molecular weight is 327 g/mol. The molecule has 6 heteroatoms. The zero-order valence-corrected chi connectivity index (χ0v) is 14.1. The molecule has 1 aromatic carbocycles. The molecule has 3 aromatic rings. The van der Waals surface area contributed by atoms with Gasteiger partial charge in [-0.2, -0.15) is 0 Å². The second-order valence-corrected chi connectivity index (χ2v) is 6.45. The van der Waals surface area contributed by atoms with Crippen molar-refractivity contribution in [2.75, 3.05) is 0 Å². The Balaban J connectivity index is 2.11. The van der Waals surface area contributed by atoms with Gasteiger partial charge in [-0.1, -0.05) is 24.3 Å². The second-order valence-electron chi connectivity index (χ2n) is 5.43. The Morgan fingerprint density at radius 3 is 2.57 bits per heavy atom. The van der Waals surface area contributed by atoms with Crippen LogP contribution in [0.1, 0.15) is 11.1 Å². The van der Waals surface area contributed by atoms with E-state index in [9.17, 15) is 9.59 Å². The molecular weight excluding hydrogens is 310 g/mol. The van der Waals surface area contributed by atoms with Crippen LogP contribution < -0.4 is 11.2 Å². The number of hydrogen-bond acceptors (Lipinski definition) is 4. The highest BCUT2D eigenvalue weighted by molar-refractivity contribution is 7.98. The third kappa shape index (κ3) is 2.70. The summed E-state index contributed by atoms with van der Waals surface area (Å²) in [5.74, 6) is 0.762. The van der Waals surface area contributed by atoms with Crippen molar-refractivity contribution in [1.29, 1.82) is 0 Å². The lowest BCUT2D eigenvalue weighted by molar-refractivity contribution is 0.706. The maximum absolute atomic E-state index is 12.5. The number of benzene rings is 1. The molecule has 0 radical (unpaired) electrons. The lowest BCUT2D eigenvalue weighted by Crippen LogP contribution is -2.37. The molecule has 0 aliphatic rings. The van der Waals surface area contributed by atoms with Crippen LogP contribution in [0.3, 0.4) is 0 Å². The monoisotopic (exact) mass is 327 g/mol. The van der Waals surface area contributed by atoms with Gasteiger partial charge in [0.25, 0.3) is 5.56 Å². The molecule has 0 N–H and O–H groups in total. The quantitative estimate of drug-likeness (QED) is 0.692. The van der Waals surface area contributed by atoms with Crippen LogP contribution in [0.5, 0.6) is 0 Å². The number of fused-ring (bicyclic) bond motifs is 1. The first-order valence-electron chi connectivity index (χ1n) is 7.22. The first-order chi connectivity index (χ1) is 11.0. The molecule has 5 nitrogen and oxygen atoms in total. The summed E-state index contributed by atoms with van der Waals surface area (Å²) in [4.78, 5) is 29.6. The molecule has 0 saturated heterocycles. The molecule has 0 aliphatic heterocycles.